The maximum absolute atomic E-state index is 5.33. The van der Waals surface area contributed by atoms with Gasteiger partial charge in [-0.1, -0.05) is 12.1 Å². The summed E-state index contributed by atoms with van der Waals surface area (Å²) in [5, 5.41) is 7.28. The van der Waals surface area contributed by atoms with Gasteiger partial charge in [-0.3, -0.25) is 14.6 Å². The normalized spacial score (nSPS) is 17.6. The van der Waals surface area contributed by atoms with E-state index in [1.807, 2.05) is 24.4 Å². The Labute approximate surface area is 170 Å². The van der Waals surface area contributed by atoms with Gasteiger partial charge in [0.15, 0.2) is 0 Å². The summed E-state index contributed by atoms with van der Waals surface area (Å²) < 4.78 is 7.60. The van der Waals surface area contributed by atoms with E-state index in [9.17, 15) is 0 Å². The number of hydrogen-bond donors (Lipinski definition) is 1. The van der Waals surface area contributed by atoms with Gasteiger partial charge in [-0.2, -0.15) is 5.10 Å². The first-order valence-electron chi connectivity index (χ1n) is 10.1. The van der Waals surface area contributed by atoms with Crippen LogP contribution in [0.15, 0.2) is 60.8 Å². The van der Waals surface area contributed by atoms with E-state index in [0.29, 0.717) is 5.92 Å². The number of methoxy groups -OCH3 is 1. The summed E-state index contributed by atoms with van der Waals surface area (Å²) in [6.07, 6.45) is 4.23. The van der Waals surface area contributed by atoms with Gasteiger partial charge in [-0.05, 0) is 61.9 Å². The lowest BCUT2D eigenvalue weighted by Crippen LogP contribution is -2.34. The van der Waals surface area contributed by atoms with Crippen molar-refractivity contribution in [3.63, 3.8) is 0 Å². The van der Waals surface area contributed by atoms with Gasteiger partial charge in [-0.25, -0.2) is 4.98 Å². The van der Waals surface area contributed by atoms with Crippen molar-refractivity contribution in [1.82, 2.24) is 24.6 Å². The van der Waals surface area contributed by atoms with Gasteiger partial charge in [0.05, 0.1) is 24.7 Å². The number of likely N-dealkylation sites (tertiary alicyclic amines) is 1. The number of fused-ring (bicyclic) bond motifs is 1. The number of para-hydroxylation sites is 2. The number of nitrogens with one attached hydrogen (secondary N) is 1. The van der Waals surface area contributed by atoms with Crippen molar-refractivity contribution >= 4 is 11.0 Å². The molecule has 148 valence electrons. The van der Waals surface area contributed by atoms with Crippen LogP contribution in [0.5, 0.6) is 5.75 Å². The van der Waals surface area contributed by atoms with Gasteiger partial charge < -0.3 is 4.74 Å². The molecule has 29 heavy (non-hydrogen) atoms. The first-order chi connectivity index (χ1) is 14.3. The Balaban J connectivity index is 1.48. The van der Waals surface area contributed by atoms with Crippen LogP contribution >= 0.6 is 0 Å². The maximum Gasteiger partial charge on any atom is 0.128 e. The van der Waals surface area contributed by atoms with Crippen molar-refractivity contribution < 1.29 is 4.74 Å². The van der Waals surface area contributed by atoms with Gasteiger partial charge in [0.2, 0.25) is 0 Å². The van der Waals surface area contributed by atoms with E-state index in [1.165, 1.54) is 18.5 Å². The number of H-pyrrole nitrogens is 1. The monoisotopic (exact) mass is 387 g/mol. The highest BCUT2D eigenvalue weighted by Gasteiger charge is 2.24. The molecule has 1 aliphatic heterocycles. The minimum Gasteiger partial charge on any atom is -0.497 e. The first-order valence-corrected chi connectivity index (χ1v) is 10.1. The fourth-order valence-electron chi connectivity index (χ4n) is 4.35. The number of piperidine rings is 1. The van der Waals surface area contributed by atoms with Crippen molar-refractivity contribution in [3.05, 3.63) is 72.3 Å². The molecule has 0 aliphatic carbocycles. The summed E-state index contributed by atoms with van der Waals surface area (Å²) in [5.41, 5.74) is 4.50. The predicted octanol–water partition coefficient (Wildman–Crippen LogP) is 4.14. The summed E-state index contributed by atoms with van der Waals surface area (Å²) >= 11 is 0. The third-order valence-corrected chi connectivity index (χ3v) is 5.79. The van der Waals surface area contributed by atoms with E-state index < -0.39 is 0 Å². The lowest BCUT2D eigenvalue weighted by atomic mass is 9.95. The molecule has 6 nitrogen and oxygen atoms in total. The van der Waals surface area contributed by atoms with Crippen molar-refractivity contribution in [2.45, 2.75) is 25.3 Å². The standard InChI is InChI=1S/C23H25N5O/c1-29-19-10-8-18(9-11-19)28-22-7-3-2-6-21(22)25-23(28)16-27-14-4-5-17(15-27)20-12-13-24-26-20/h2-3,6-13,17H,4-5,14-16H2,1H3,(H,24,26). The number of aromatic amines is 1. The smallest absolute Gasteiger partial charge is 0.128 e. The molecule has 1 aliphatic rings. The quantitative estimate of drug-likeness (QED) is 0.559. The molecular weight excluding hydrogens is 362 g/mol. The van der Waals surface area contributed by atoms with Crippen molar-refractivity contribution in [3.8, 4) is 11.4 Å². The largest absolute Gasteiger partial charge is 0.497 e. The van der Waals surface area contributed by atoms with E-state index >= 15 is 0 Å². The van der Waals surface area contributed by atoms with E-state index in [1.54, 1.807) is 7.11 Å². The van der Waals surface area contributed by atoms with Gasteiger partial charge in [0.1, 0.15) is 11.6 Å². The fraction of sp³-hybridized carbons (Fsp3) is 0.304. The van der Waals surface area contributed by atoms with Gasteiger partial charge in [0, 0.05) is 30.0 Å². The third-order valence-electron chi connectivity index (χ3n) is 5.79. The van der Waals surface area contributed by atoms with Gasteiger partial charge >= 0.3 is 0 Å². The van der Waals surface area contributed by atoms with Gasteiger partial charge in [0.25, 0.3) is 0 Å². The molecule has 3 heterocycles. The maximum atomic E-state index is 5.33. The summed E-state index contributed by atoms with van der Waals surface area (Å²) in [7, 11) is 1.69. The summed E-state index contributed by atoms with van der Waals surface area (Å²) in [6, 6.07) is 18.6. The number of ether oxygens (including phenoxy) is 1. The van der Waals surface area contributed by atoms with Crippen molar-refractivity contribution in [1.29, 1.82) is 0 Å². The Morgan fingerprint density at radius 2 is 1.97 bits per heavy atom. The van der Waals surface area contributed by atoms with E-state index in [-0.39, 0.29) is 0 Å². The molecule has 0 saturated carbocycles. The van der Waals surface area contributed by atoms with Crippen molar-refractivity contribution in [2.75, 3.05) is 20.2 Å². The van der Waals surface area contributed by atoms with Crippen molar-refractivity contribution in [2.24, 2.45) is 0 Å². The average Bonchev–Trinajstić information content (AvgIpc) is 3.42. The zero-order chi connectivity index (χ0) is 19.6. The summed E-state index contributed by atoms with van der Waals surface area (Å²) in [6.45, 7) is 2.94. The highest BCUT2D eigenvalue weighted by atomic mass is 16.5. The predicted molar refractivity (Wildman–Crippen MR) is 113 cm³/mol. The lowest BCUT2D eigenvalue weighted by Gasteiger charge is -2.32. The molecule has 4 aromatic rings. The Hall–Kier alpha value is -3.12. The first kappa shape index (κ1) is 17.9. The average molecular weight is 387 g/mol. The number of aromatic nitrogens is 4. The van der Waals surface area contributed by atoms with Crippen LogP contribution in [0.2, 0.25) is 0 Å². The molecule has 2 aromatic heterocycles. The second-order valence-electron chi connectivity index (χ2n) is 7.64. The molecule has 0 bridgehead atoms. The number of imidazole rings is 1. The molecule has 1 N–H and O–H groups in total. The van der Waals surface area contributed by atoms with Crippen LogP contribution < -0.4 is 4.74 Å². The minimum absolute atomic E-state index is 0.505. The second-order valence-corrected chi connectivity index (χ2v) is 7.64. The van der Waals surface area contributed by atoms with E-state index in [0.717, 1.165) is 47.9 Å². The number of rotatable bonds is 5. The zero-order valence-electron chi connectivity index (χ0n) is 16.6. The van der Waals surface area contributed by atoms with Crippen LogP contribution in [-0.4, -0.2) is 44.8 Å². The molecule has 1 fully saturated rings. The number of hydrogen-bond acceptors (Lipinski definition) is 4. The van der Waals surface area contributed by atoms with E-state index in [4.69, 9.17) is 9.72 Å². The molecule has 0 spiro atoms. The van der Waals surface area contributed by atoms with Crippen LogP contribution in [0.25, 0.3) is 16.7 Å². The molecule has 2 aromatic carbocycles. The molecule has 0 radical (unpaired) electrons. The molecule has 0 amide bonds. The topological polar surface area (TPSA) is 59.0 Å². The Bertz CT molecular complexity index is 1080. The van der Waals surface area contributed by atoms with E-state index in [2.05, 4.69) is 56.1 Å². The number of benzene rings is 2. The second kappa shape index (κ2) is 7.72. The fourth-order valence-corrected chi connectivity index (χ4v) is 4.35. The molecule has 5 rings (SSSR count). The Morgan fingerprint density at radius 1 is 1.10 bits per heavy atom. The molecule has 1 atom stereocenters. The molecule has 1 unspecified atom stereocenters. The van der Waals surface area contributed by atoms with Gasteiger partial charge in [-0.15, -0.1) is 0 Å². The van der Waals surface area contributed by atoms with Crippen LogP contribution in [0.4, 0.5) is 0 Å². The third kappa shape index (κ3) is 3.51. The Morgan fingerprint density at radius 3 is 2.76 bits per heavy atom. The minimum atomic E-state index is 0.505. The highest BCUT2D eigenvalue weighted by Crippen LogP contribution is 2.28. The number of nitrogens with zero attached hydrogens (tertiary/aromatic N) is 4. The zero-order valence-corrected chi connectivity index (χ0v) is 16.6. The Kier molecular flexibility index (Phi) is 4.77. The molecule has 6 heteroatoms. The molecule has 1 saturated heterocycles. The summed E-state index contributed by atoms with van der Waals surface area (Å²) in [5.74, 6) is 2.44. The van der Waals surface area contributed by atoms with Crippen LogP contribution in [0, 0.1) is 0 Å². The van der Waals surface area contributed by atoms with Crippen LogP contribution in [0.1, 0.15) is 30.3 Å². The van der Waals surface area contributed by atoms with Crippen LogP contribution in [0.3, 0.4) is 0 Å². The summed E-state index contributed by atoms with van der Waals surface area (Å²) in [4.78, 5) is 7.49. The van der Waals surface area contributed by atoms with Crippen LogP contribution in [-0.2, 0) is 6.54 Å². The molecular formula is C23H25N5O. The highest BCUT2D eigenvalue weighted by molar-refractivity contribution is 5.78. The lowest BCUT2D eigenvalue weighted by molar-refractivity contribution is 0.193. The SMILES string of the molecule is COc1ccc(-n2c(CN3CCCC(c4ccn[nH]4)C3)nc3ccccc32)cc1.